The maximum atomic E-state index is 12.9. The van der Waals surface area contributed by atoms with Crippen molar-refractivity contribution in [2.75, 3.05) is 14.2 Å². The van der Waals surface area contributed by atoms with E-state index in [2.05, 4.69) is 5.32 Å². The number of primary sulfonamides is 1. The van der Waals surface area contributed by atoms with Gasteiger partial charge >= 0.3 is 11.9 Å². The number of dihydropyridines is 1. The molecule has 2 heterocycles. The van der Waals surface area contributed by atoms with Crippen LogP contribution in [0.25, 0.3) is 21.8 Å². The molecule has 192 valence electrons. The Bertz CT molecular complexity index is 1510. The Kier molecular flexibility index (Phi) is 7.30. The second-order valence-corrected chi connectivity index (χ2v) is 10.7. The van der Waals surface area contributed by atoms with E-state index in [9.17, 15) is 18.0 Å². The number of nitrogens with one attached hydrogen (secondary N) is 1. The second kappa shape index (κ2) is 10.3. The van der Waals surface area contributed by atoms with Crippen molar-refractivity contribution in [3.8, 4) is 21.8 Å². The average Bonchev–Trinajstić information content (AvgIpc) is 3.37. The molecule has 0 bridgehead atoms. The number of methoxy groups -OCH3 is 2. The van der Waals surface area contributed by atoms with Crippen molar-refractivity contribution in [2.24, 2.45) is 5.14 Å². The lowest BCUT2D eigenvalue weighted by Crippen LogP contribution is -2.32. The minimum atomic E-state index is -3.80. The largest absolute Gasteiger partial charge is 0.466 e. The highest BCUT2D eigenvalue weighted by atomic mass is 32.2. The molecule has 11 heteroatoms. The van der Waals surface area contributed by atoms with E-state index in [0.29, 0.717) is 44.4 Å². The predicted molar refractivity (Wildman–Crippen MR) is 140 cm³/mol. The third kappa shape index (κ3) is 5.06. The number of ether oxygens (including phenoxy) is 2. The molecule has 9 nitrogen and oxygen atoms in total. The van der Waals surface area contributed by atoms with E-state index in [0.717, 1.165) is 5.56 Å². The lowest BCUT2D eigenvalue weighted by Gasteiger charge is -2.31. The molecule has 0 aliphatic carbocycles. The van der Waals surface area contributed by atoms with Crippen LogP contribution in [0.5, 0.6) is 0 Å². The van der Waals surface area contributed by atoms with Crippen molar-refractivity contribution in [3.05, 3.63) is 82.0 Å². The van der Waals surface area contributed by atoms with Gasteiger partial charge in [-0.15, -0.1) is 11.3 Å². The quantitative estimate of drug-likeness (QED) is 0.452. The number of aromatic nitrogens is 1. The van der Waals surface area contributed by atoms with Gasteiger partial charge in [-0.3, -0.25) is 0 Å². The van der Waals surface area contributed by atoms with E-state index in [1.54, 1.807) is 26.0 Å². The molecule has 1 aliphatic rings. The Morgan fingerprint density at radius 1 is 0.946 bits per heavy atom. The first-order valence-corrected chi connectivity index (χ1v) is 13.5. The van der Waals surface area contributed by atoms with Crippen LogP contribution in [0.1, 0.15) is 25.3 Å². The van der Waals surface area contributed by atoms with Crippen LogP contribution in [0, 0.1) is 0 Å². The minimum Gasteiger partial charge on any atom is -0.466 e. The van der Waals surface area contributed by atoms with E-state index < -0.39 is 27.9 Å². The third-order valence-corrected chi connectivity index (χ3v) is 7.86. The van der Waals surface area contributed by atoms with Gasteiger partial charge in [-0.2, -0.15) is 0 Å². The lowest BCUT2D eigenvalue weighted by molar-refractivity contribution is -0.137. The van der Waals surface area contributed by atoms with E-state index >= 15 is 0 Å². The molecule has 0 fully saturated rings. The molecule has 37 heavy (non-hydrogen) atoms. The van der Waals surface area contributed by atoms with Crippen molar-refractivity contribution in [1.29, 1.82) is 0 Å². The number of carbonyl (C=O) groups excluding carboxylic acids is 2. The monoisotopic (exact) mass is 539 g/mol. The summed E-state index contributed by atoms with van der Waals surface area (Å²) in [7, 11) is -1.21. The van der Waals surface area contributed by atoms with Gasteiger partial charge in [0.15, 0.2) is 0 Å². The predicted octanol–water partition coefficient (Wildman–Crippen LogP) is 3.71. The summed E-state index contributed by atoms with van der Waals surface area (Å²) in [6, 6.07) is 13.5. The number of esters is 2. The molecule has 0 radical (unpaired) electrons. The van der Waals surface area contributed by atoms with Crippen molar-refractivity contribution in [1.82, 2.24) is 10.3 Å². The average molecular weight is 540 g/mol. The number of benzene rings is 2. The van der Waals surface area contributed by atoms with Crippen LogP contribution in [0.15, 0.2) is 81.3 Å². The Balaban J connectivity index is 1.85. The van der Waals surface area contributed by atoms with Gasteiger partial charge in [-0.05, 0) is 31.5 Å². The van der Waals surface area contributed by atoms with Gasteiger partial charge in [0.05, 0.1) is 41.9 Å². The van der Waals surface area contributed by atoms with Gasteiger partial charge in [-0.1, -0.05) is 36.4 Å². The molecule has 0 spiro atoms. The van der Waals surface area contributed by atoms with Crippen LogP contribution in [0.4, 0.5) is 0 Å². The highest BCUT2D eigenvalue weighted by molar-refractivity contribution is 7.89. The summed E-state index contributed by atoms with van der Waals surface area (Å²) in [5.74, 6) is -1.87. The van der Waals surface area contributed by atoms with Crippen molar-refractivity contribution >= 4 is 33.3 Å². The van der Waals surface area contributed by atoms with Crippen LogP contribution >= 0.6 is 11.3 Å². The molecule has 0 unspecified atom stereocenters. The Morgan fingerprint density at radius 2 is 1.51 bits per heavy atom. The zero-order valence-corrected chi connectivity index (χ0v) is 22.2. The number of thiazole rings is 1. The fourth-order valence-electron chi connectivity index (χ4n) is 4.35. The molecule has 1 aliphatic heterocycles. The summed E-state index contributed by atoms with van der Waals surface area (Å²) in [4.78, 5) is 30.6. The van der Waals surface area contributed by atoms with Crippen molar-refractivity contribution < 1.29 is 27.5 Å². The highest BCUT2D eigenvalue weighted by Crippen LogP contribution is 2.43. The summed E-state index contributed by atoms with van der Waals surface area (Å²) in [6.07, 6.45) is 0. The van der Waals surface area contributed by atoms with Gasteiger partial charge in [0.2, 0.25) is 10.0 Å². The first-order chi connectivity index (χ1) is 17.6. The third-order valence-electron chi connectivity index (χ3n) is 6.06. The molecular formula is C26H25N3O6S2. The highest BCUT2D eigenvalue weighted by Gasteiger charge is 2.39. The number of nitrogens with two attached hydrogens (primary N) is 1. The van der Waals surface area contributed by atoms with Crippen molar-refractivity contribution in [3.63, 3.8) is 0 Å². The van der Waals surface area contributed by atoms with Gasteiger partial charge in [0.1, 0.15) is 5.01 Å². The van der Waals surface area contributed by atoms with Gasteiger partial charge in [0, 0.05) is 27.9 Å². The smallest absolute Gasteiger partial charge is 0.336 e. The standard InChI is InChI=1S/C26H25N3O6S2/c1-14-21(25(30)34-3)23(22(15(2)28-14)26(31)35-4)18-7-5-6-8-19(18)24-29-20(13-36-24)16-9-11-17(12-10-16)37(27,32)33/h5-13,23,28H,1-4H3,(H2,27,32,33). The summed E-state index contributed by atoms with van der Waals surface area (Å²) in [5.41, 5.74) is 4.53. The van der Waals surface area contributed by atoms with Crippen LogP contribution in [0.2, 0.25) is 0 Å². The van der Waals surface area contributed by atoms with E-state index in [1.165, 1.54) is 37.7 Å². The number of hydrogen-bond donors (Lipinski definition) is 2. The number of allylic oxidation sites excluding steroid dienone is 2. The number of hydrogen-bond acceptors (Lipinski definition) is 9. The Morgan fingerprint density at radius 3 is 2.05 bits per heavy atom. The molecule has 3 N–H and O–H groups in total. The Labute approximate surface area is 218 Å². The summed E-state index contributed by atoms with van der Waals surface area (Å²) in [6.45, 7) is 3.51. The summed E-state index contributed by atoms with van der Waals surface area (Å²) >= 11 is 1.38. The zero-order valence-electron chi connectivity index (χ0n) is 20.6. The first-order valence-electron chi connectivity index (χ1n) is 11.1. The maximum absolute atomic E-state index is 12.9. The fourth-order valence-corrected chi connectivity index (χ4v) is 5.75. The summed E-state index contributed by atoms with van der Waals surface area (Å²) in [5, 5.41) is 10.8. The number of rotatable bonds is 6. The van der Waals surface area contributed by atoms with Gasteiger partial charge < -0.3 is 14.8 Å². The molecule has 3 aromatic rings. The topological polar surface area (TPSA) is 138 Å². The maximum Gasteiger partial charge on any atom is 0.336 e. The molecule has 0 saturated carbocycles. The van der Waals surface area contributed by atoms with Gasteiger partial charge in [0.25, 0.3) is 0 Å². The SMILES string of the molecule is COC(=O)C1=C(C)NC(C)=C(C(=O)OC)C1c1ccccc1-c1nc(-c2ccc(S(N)(=O)=O)cc2)cs1. The van der Waals surface area contributed by atoms with E-state index in [-0.39, 0.29) is 4.90 Å². The van der Waals surface area contributed by atoms with Crippen LogP contribution in [-0.4, -0.2) is 39.6 Å². The number of sulfonamides is 1. The fraction of sp³-hybridized carbons (Fsp3) is 0.192. The normalized spacial score (nSPS) is 14.4. The molecule has 0 amide bonds. The summed E-state index contributed by atoms with van der Waals surface area (Å²) < 4.78 is 33.3. The second-order valence-electron chi connectivity index (χ2n) is 8.31. The van der Waals surface area contributed by atoms with E-state index in [1.807, 2.05) is 29.6 Å². The minimum absolute atomic E-state index is 0.0120. The molecule has 0 saturated heterocycles. The van der Waals surface area contributed by atoms with Crippen LogP contribution < -0.4 is 10.5 Å². The zero-order chi connectivity index (χ0) is 26.9. The first kappa shape index (κ1) is 26.3. The van der Waals surface area contributed by atoms with Crippen molar-refractivity contribution in [2.45, 2.75) is 24.7 Å². The lowest BCUT2D eigenvalue weighted by atomic mass is 9.78. The number of carbonyl (C=O) groups is 2. The number of nitrogens with zero attached hydrogens (tertiary/aromatic N) is 1. The van der Waals surface area contributed by atoms with E-state index in [4.69, 9.17) is 19.6 Å². The van der Waals surface area contributed by atoms with Crippen LogP contribution in [0.3, 0.4) is 0 Å². The van der Waals surface area contributed by atoms with Crippen LogP contribution in [-0.2, 0) is 29.1 Å². The molecular weight excluding hydrogens is 514 g/mol. The molecule has 4 rings (SSSR count). The molecule has 2 aromatic carbocycles. The molecule has 0 atom stereocenters. The Hall–Kier alpha value is -3.80. The van der Waals surface area contributed by atoms with Gasteiger partial charge in [-0.25, -0.2) is 28.1 Å². The molecule has 1 aromatic heterocycles.